The maximum absolute atomic E-state index is 7.89. The Balaban J connectivity index is 1.81. The molecule has 2 aliphatic rings. The molecule has 2 rings (SSSR count). The third kappa shape index (κ3) is 2.28. The highest BCUT2D eigenvalue weighted by atomic mass is 15.2. The monoisotopic (exact) mass is 194 g/mol. The highest BCUT2D eigenvalue weighted by Crippen LogP contribution is 2.31. The van der Waals surface area contributed by atoms with E-state index >= 15 is 0 Å². The van der Waals surface area contributed by atoms with Gasteiger partial charge in [0.2, 0.25) is 0 Å². The SMILES string of the molecule is CC1CCC(CN2CCCCC2=N)C1. The molecule has 2 nitrogen and oxygen atoms in total. The predicted octanol–water partition coefficient (Wildman–Crippen LogP) is 2.89. The van der Waals surface area contributed by atoms with Crippen LogP contribution in [0.15, 0.2) is 0 Å². The first-order chi connectivity index (χ1) is 6.75. The Bertz CT molecular complexity index is 212. The predicted molar refractivity (Wildman–Crippen MR) is 59.7 cm³/mol. The fraction of sp³-hybridized carbons (Fsp3) is 0.917. The molecule has 14 heavy (non-hydrogen) atoms. The van der Waals surface area contributed by atoms with E-state index in [1.807, 2.05) is 0 Å². The molecule has 80 valence electrons. The molecule has 2 fully saturated rings. The number of nitrogens with zero attached hydrogens (tertiary/aromatic N) is 1. The normalized spacial score (nSPS) is 33.8. The first kappa shape index (κ1) is 10.0. The highest BCUT2D eigenvalue weighted by Gasteiger charge is 2.25. The maximum Gasteiger partial charge on any atom is 0.0957 e. The van der Waals surface area contributed by atoms with Crippen molar-refractivity contribution in [3.8, 4) is 0 Å². The maximum atomic E-state index is 7.89. The minimum absolute atomic E-state index is 0.878. The van der Waals surface area contributed by atoms with Crippen molar-refractivity contribution >= 4 is 5.84 Å². The molecule has 0 spiro atoms. The molecular formula is C12H22N2. The molecule has 0 amide bonds. The molecule has 1 saturated carbocycles. The largest absolute Gasteiger partial charge is 0.360 e. The lowest BCUT2D eigenvalue weighted by Gasteiger charge is -2.31. The second-order valence-corrected chi connectivity index (χ2v) is 5.13. The van der Waals surface area contributed by atoms with Gasteiger partial charge in [-0.2, -0.15) is 0 Å². The van der Waals surface area contributed by atoms with Gasteiger partial charge in [0.05, 0.1) is 5.84 Å². The van der Waals surface area contributed by atoms with Gasteiger partial charge in [-0.1, -0.05) is 13.3 Å². The van der Waals surface area contributed by atoms with E-state index in [2.05, 4.69) is 11.8 Å². The van der Waals surface area contributed by atoms with Crippen molar-refractivity contribution in [3.05, 3.63) is 0 Å². The molecule has 1 saturated heterocycles. The van der Waals surface area contributed by atoms with Crippen molar-refractivity contribution < 1.29 is 0 Å². The molecule has 1 N–H and O–H groups in total. The van der Waals surface area contributed by atoms with E-state index < -0.39 is 0 Å². The van der Waals surface area contributed by atoms with Gasteiger partial charge in [-0.15, -0.1) is 0 Å². The smallest absolute Gasteiger partial charge is 0.0957 e. The van der Waals surface area contributed by atoms with Crippen LogP contribution in [0.25, 0.3) is 0 Å². The number of amidine groups is 1. The number of piperidine rings is 1. The van der Waals surface area contributed by atoms with Gasteiger partial charge < -0.3 is 4.90 Å². The van der Waals surface area contributed by atoms with Crippen molar-refractivity contribution in [1.82, 2.24) is 4.90 Å². The summed E-state index contributed by atoms with van der Waals surface area (Å²) in [5.74, 6) is 2.71. The van der Waals surface area contributed by atoms with Crippen molar-refractivity contribution in [1.29, 1.82) is 5.41 Å². The van der Waals surface area contributed by atoms with E-state index in [1.165, 1.54) is 38.6 Å². The molecule has 0 aromatic rings. The first-order valence-corrected chi connectivity index (χ1v) is 6.08. The van der Waals surface area contributed by atoms with Crippen LogP contribution in [0.3, 0.4) is 0 Å². The van der Waals surface area contributed by atoms with E-state index in [-0.39, 0.29) is 0 Å². The molecule has 0 aromatic heterocycles. The van der Waals surface area contributed by atoms with Gasteiger partial charge in [-0.3, -0.25) is 5.41 Å². The number of likely N-dealkylation sites (tertiary alicyclic amines) is 1. The van der Waals surface area contributed by atoms with E-state index in [0.29, 0.717) is 0 Å². The van der Waals surface area contributed by atoms with E-state index in [1.54, 1.807) is 0 Å². The van der Waals surface area contributed by atoms with Gasteiger partial charge in [0.1, 0.15) is 0 Å². The Hall–Kier alpha value is -0.530. The summed E-state index contributed by atoms with van der Waals surface area (Å²) < 4.78 is 0. The lowest BCUT2D eigenvalue weighted by Crippen LogP contribution is -2.37. The van der Waals surface area contributed by atoms with Crippen LogP contribution in [0.2, 0.25) is 0 Å². The molecule has 0 radical (unpaired) electrons. The minimum Gasteiger partial charge on any atom is -0.360 e. The Labute approximate surface area is 87.2 Å². The number of rotatable bonds is 2. The van der Waals surface area contributed by atoms with Crippen molar-refractivity contribution in [2.24, 2.45) is 11.8 Å². The third-order valence-corrected chi connectivity index (χ3v) is 3.76. The molecule has 1 heterocycles. The summed E-state index contributed by atoms with van der Waals surface area (Å²) in [5, 5.41) is 7.89. The van der Waals surface area contributed by atoms with Gasteiger partial charge >= 0.3 is 0 Å². The van der Waals surface area contributed by atoms with Crippen LogP contribution in [0.1, 0.15) is 45.4 Å². The summed E-state index contributed by atoms with van der Waals surface area (Å²) in [6, 6.07) is 0. The summed E-state index contributed by atoms with van der Waals surface area (Å²) >= 11 is 0. The van der Waals surface area contributed by atoms with Crippen LogP contribution in [0, 0.1) is 17.2 Å². The van der Waals surface area contributed by atoms with Crippen molar-refractivity contribution in [2.75, 3.05) is 13.1 Å². The average molecular weight is 194 g/mol. The number of hydrogen-bond donors (Lipinski definition) is 1. The summed E-state index contributed by atoms with van der Waals surface area (Å²) in [5.41, 5.74) is 0. The van der Waals surface area contributed by atoms with Gasteiger partial charge in [-0.05, 0) is 37.5 Å². The Kier molecular flexibility index (Phi) is 3.09. The quantitative estimate of drug-likeness (QED) is 0.719. The van der Waals surface area contributed by atoms with Gasteiger partial charge in [0.15, 0.2) is 0 Å². The molecule has 1 aliphatic heterocycles. The molecule has 1 aliphatic carbocycles. The van der Waals surface area contributed by atoms with E-state index in [9.17, 15) is 0 Å². The van der Waals surface area contributed by atoms with E-state index in [4.69, 9.17) is 5.41 Å². The van der Waals surface area contributed by atoms with Crippen molar-refractivity contribution in [2.45, 2.75) is 45.4 Å². The number of nitrogens with one attached hydrogen (secondary N) is 1. The van der Waals surface area contributed by atoms with Crippen LogP contribution in [0.5, 0.6) is 0 Å². The van der Waals surface area contributed by atoms with Crippen LogP contribution in [-0.2, 0) is 0 Å². The van der Waals surface area contributed by atoms with Crippen molar-refractivity contribution in [3.63, 3.8) is 0 Å². The standard InChI is InChI=1S/C12H22N2/c1-10-5-6-11(8-10)9-14-7-3-2-4-12(14)13/h10-11,13H,2-9H2,1H3. The lowest BCUT2D eigenvalue weighted by atomic mass is 10.0. The fourth-order valence-corrected chi connectivity index (χ4v) is 2.89. The zero-order valence-corrected chi connectivity index (χ0v) is 9.26. The van der Waals surface area contributed by atoms with E-state index in [0.717, 1.165) is 30.6 Å². The summed E-state index contributed by atoms with van der Waals surface area (Å²) in [4.78, 5) is 2.33. The summed E-state index contributed by atoms with van der Waals surface area (Å²) in [7, 11) is 0. The average Bonchev–Trinajstić information content (AvgIpc) is 2.56. The molecular weight excluding hydrogens is 172 g/mol. The Morgan fingerprint density at radius 2 is 2.21 bits per heavy atom. The fourth-order valence-electron chi connectivity index (χ4n) is 2.89. The lowest BCUT2D eigenvalue weighted by molar-refractivity contribution is 0.306. The van der Waals surface area contributed by atoms with Gasteiger partial charge in [-0.25, -0.2) is 0 Å². The Morgan fingerprint density at radius 3 is 2.86 bits per heavy atom. The minimum atomic E-state index is 0.878. The van der Waals surface area contributed by atoms with Crippen LogP contribution < -0.4 is 0 Å². The zero-order chi connectivity index (χ0) is 9.97. The third-order valence-electron chi connectivity index (χ3n) is 3.76. The van der Waals surface area contributed by atoms with Gasteiger partial charge in [0.25, 0.3) is 0 Å². The molecule has 0 aromatic carbocycles. The molecule has 2 atom stereocenters. The van der Waals surface area contributed by atoms with Crippen LogP contribution >= 0.6 is 0 Å². The summed E-state index contributed by atoms with van der Waals surface area (Å²) in [6.07, 6.45) is 7.74. The number of hydrogen-bond acceptors (Lipinski definition) is 1. The second kappa shape index (κ2) is 4.33. The Morgan fingerprint density at radius 1 is 1.36 bits per heavy atom. The molecule has 2 unspecified atom stereocenters. The molecule has 0 bridgehead atoms. The highest BCUT2D eigenvalue weighted by molar-refractivity contribution is 5.79. The second-order valence-electron chi connectivity index (χ2n) is 5.13. The molecule has 2 heteroatoms. The zero-order valence-electron chi connectivity index (χ0n) is 9.26. The first-order valence-electron chi connectivity index (χ1n) is 6.08. The van der Waals surface area contributed by atoms with Crippen LogP contribution in [0.4, 0.5) is 0 Å². The van der Waals surface area contributed by atoms with Crippen LogP contribution in [-0.4, -0.2) is 23.8 Å². The van der Waals surface area contributed by atoms with Gasteiger partial charge in [0, 0.05) is 19.5 Å². The summed E-state index contributed by atoms with van der Waals surface area (Å²) in [6.45, 7) is 4.68. The topological polar surface area (TPSA) is 27.1 Å².